The number of carbonyl (C=O) groups is 1. The molecular weight excluding hydrogens is 445 g/mol. The van der Waals surface area contributed by atoms with Crippen molar-refractivity contribution in [1.82, 2.24) is 4.90 Å². The summed E-state index contributed by atoms with van der Waals surface area (Å²) in [7, 11) is 0. The summed E-state index contributed by atoms with van der Waals surface area (Å²) in [5, 5.41) is 10.7. The van der Waals surface area contributed by atoms with Gasteiger partial charge in [0.25, 0.3) is 0 Å². The molecule has 0 spiro atoms. The van der Waals surface area contributed by atoms with Crippen molar-refractivity contribution in [3.05, 3.63) is 70.0 Å². The zero-order chi connectivity index (χ0) is 25.4. The van der Waals surface area contributed by atoms with E-state index in [9.17, 15) is 14.3 Å². The molecule has 1 N–H and O–H groups in total. The maximum absolute atomic E-state index is 14.0. The predicted octanol–water partition coefficient (Wildman–Crippen LogP) is 5.08. The van der Waals surface area contributed by atoms with Crippen LogP contribution in [0.25, 0.3) is 0 Å². The van der Waals surface area contributed by atoms with Gasteiger partial charge in [-0.1, -0.05) is 30.3 Å². The van der Waals surface area contributed by atoms with Gasteiger partial charge in [-0.2, -0.15) is 0 Å². The average Bonchev–Trinajstić information content (AvgIpc) is 3.25. The van der Waals surface area contributed by atoms with Gasteiger partial charge in [-0.25, -0.2) is 4.39 Å². The van der Waals surface area contributed by atoms with Crippen LogP contribution in [0.15, 0.2) is 36.4 Å². The Morgan fingerprint density at radius 1 is 1.23 bits per heavy atom. The van der Waals surface area contributed by atoms with Gasteiger partial charge in [0.15, 0.2) is 0 Å². The van der Waals surface area contributed by atoms with E-state index < -0.39 is 6.10 Å². The van der Waals surface area contributed by atoms with Crippen LogP contribution in [0, 0.1) is 19.7 Å². The van der Waals surface area contributed by atoms with Gasteiger partial charge in [-0.3, -0.25) is 9.69 Å². The van der Waals surface area contributed by atoms with Crippen LogP contribution in [-0.2, 0) is 27.1 Å². The molecule has 2 aromatic rings. The molecule has 1 fully saturated rings. The van der Waals surface area contributed by atoms with Gasteiger partial charge >= 0.3 is 5.97 Å². The molecule has 3 atom stereocenters. The molecule has 0 amide bonds. The van der Waals surface area contributed by atoms with Crippen molar-refractivity contribution >= 4 is 5.97 Å². The summed E-state index contributed by atoms with van der Waals surface area (Å²) < 4.78 is 25.1. The van der Waals surface area contributed by atoms with E-state index in [1.54, 1.807) is 13.0 Å². The molecule has 0 radical (unpaired) electrons. The third-order valence-corrected chi connectivity index (χ3v) is 6.96. The molecular formula is C29H40FNO4. The number of likely N-dealkylation sites (tertiary alicyclic amines) is 1. The minimum Gasteiger partial charge on any atom is -0.466 e. The highest BCUT2D eigenvalue weighted by molar-refractivity contribution is 5.69. The van der Waals surface area contributed by atoms with Gasteiger partial charge in [0.05, 0.1) is 25.4 Å². The van der Waals surface area contributed by atoms with Crippen LogP contribution in [0.3, 0.4) is 0 Å². The highest BCUT2D eigenvalue weighted by Gasteiger charge is 2.27. The fourth-order valence-electron chi connectivity index (χ4n) is 4.98. The molecule has 1 aliphatic rings. The maximum Gasteiger partial charge on any atom is 0.306 e. The zero-order valence-corrected chi connectivity index (χ0v) is 21.6. The SMILES string of the molecule is CCOC(=O)CCc1c(C)cccc1[C@@H](C)OC[C@@H](O)CN1CCC[C@H]1Cc1ccc(C)c(F)c1. The maximum atomic E-state index is 14.0. The first-order valence-corrected chi connectivity index (χ1v) is 12.8. The van der Waals surface area contributed by atoms with E-state index in [0.717, 1.165) is 48.1 Å². The number of aliphatic hydroxyl groups is 1. The summed E-state index contributed by atoms with van der Waals surface area (Å²) in [6, 6.07) is 11.8. The fraction of sp³-hybridized carbons (Fsp3) is 0.552. The first-order valence-electron chi connectivity index (χ1n) is 12.8. The van der Waals surface area contributed by atoms with E-state index in [1.807, 2.05) is 51.1 Å². The summed E-state index contributed by atoms with van der Waals surface area (Å²) in [5.41, 5.74) is 4.93. The van der Waals surface area contributed by atoms with Crippen LogP contribution in [0.1, 0.15) is 67.0 Å². The molecule has 5 nitrogen and oxygen atoms in total. The quantitative estimate of drug-likeness (QED) is 0.425. The number of aryl methyl sites for hydroxylation is 2. The van der Waals surface area contributed by atoms with Gasteiger partial charge in [-0.05, 0) is 93.8 Å². The standard InChI is InChI=1S/C29H40FNO4/c1-5-34-29(33)14-13-26-20(2)8-6-10-27(26)22(4)35-19-25(32)18-31-15-7-9-24(31)16-23-12-11-21(3)28(30)17-23/h6,8,10-12,17,22,24-25,32H,5,7,9,13-16,18-19H2,1-4H3/t22-,24+,25+/m1/s1. The number of halogens is 1. The second kappa shape index (κ2) is 13.1. The van der Waals surface area contributed by atoms with Crippen molar-refractivity contribution in [3.8, 4) is 0 Å². The first kappa shape index (κ1) is 27.3. The second-order valence-electron chi connectivity index (χ2n) is 9.66. The number of ether oxygens (including phenoxy) is 2. The van der Waals surface area contributed by atoms with Crippen molar-refractivity contribution in [1.29, 1.82) is 0 Å². The number of aliphatic hydroxyl groups excluding tert-OH is 1. The van der Waals surface area contributed by atoms with Crippen molar-refractivity contribution in [3.63, 3.8) is 0 Å². The Hall–Kier alpha value is -2.28. The molecule has 0 unspecified atom stereocenters. The van der Waals surface area contributed by atoms with Gasteiger partial charge in [0.2, 0.25) is 0 Å². The van der Waals surface area contributed by atoms with Crippen molar-refractivity contribution in [2.75, 3.05) is 26.3 Å². The molecule has 0 aliphatic carbocycles. The number of nitrogens with zero attached hydrogens (tertiary/aromatic N) is 1. The van der Waals surface area contributed by atoms with Crippen LogP contribution >= 0.6 is 0 Å². The Kier molecular flexibility index (Phi) is 10.3. The minimum atomic E-state index is -0.611. The van der Waals surface area contributed by atoms with Gasteiger partial charge in [-0.15, -0.1) is 0 Å². The number of hydrogen-bond donors (Lipinski definition) is 1. The fourth-order valence-corrected chi connectivity index (χ4v) is 4.98. The van der Waals surface area contributed by atoms with Gasteiger partial charge < -0.3 is 14.6 Å². The Morgan fingerprint density at radius 2 is 2.03 bits per heavy atom. The number of benzene rings is 2. The van der Waals surface area contributed by atoms with E-state index in [1.165, 1.54) is 0 Å². The van der Waals surface area contributed by atoms with E-state index >= 15 is 0 Å². The third kappa shape index (κ3) is 7.86. The van der Waals surface area contributed by atoms with Crippen LogP contribution in [0.2, 0.25) is 0 Å². The van der Waals surface area contributed by atoms with E-state index in [4.69, 9.17) is 9.47 Å². The second-order valence-corrected chi connectivity index (χ2v) is 9.66. The Morgan fingerprint density at radius 3 is 2.77 bits per heavy atom. The number of esters is 1. The zero-order valence-electron chi connectivity index (χ0n) is 21.6. The van der Waals surface area contributed by atoms with E-state index in [0.29, 0.717) is 37.6 Å². The Bertz CT molecular complexity index is 979. The number of carbonyl (C=O) groups excluding carboxylic acids is 1. The topological polar surface area (TPSA) is 59.0 Å². The van der Waals surface area contributed by atoms with Crippen LogP contribution in [-0.4, -0.2) is 54.4 Å². The molecule has 3 rings (SSSR count). The highest BCUT2D eigenvalue weighted by Crippen LogP contribution is 2.26. The van der Waals surface area contributed by atoms with E-state index in [-0.39, 0.29) is 24.5 Å². The monoisotopic (exact) mass is 485 g/mol. The molecule has 1 saturated heterocycles. The van der Waals surface area contributed by atoms with Crippen molar-refractivity contribution < 1.29 is 23.8 Å². The summed E-state index contributed by atoms with van der Waals surface area (Å²) in [6.07, 6.45) is 3.04. The van der Waals surface area contributed by atoms with Gasteiger partial charge in [0.1, 0.15) is 5.82 Å². The normalized spacial score (nSPS) is 17.9. The van der Waals surface area contributed by atoms with Gasteiger partial charge in [0, 0.05) is 19.0 Å². The van der Waals surface area contributed by atoms with Crippen LogP contribution < -0.4 is 0 Å². The summed E-state index contributed by atoms with van der Waals surface area (Å²) in [4.78, 5) is 14.2. The van der Waals surface area contributed by atoms with E-state index in [2.05, 4.69) is 4.90 Å². The molecule has 1 aliphatic heterocycles. The number of β-amino-alcohol motifs (C(OH)–C–C–N with tert-alkyl or cyclic N) is 1. The van der Waals surface area contributed by atoms with Crippen molar-refractivity contribution in [2.45, 2.75) is 78.0 Å². The minimum absolute atomic E-state index is 0.160. The molecule has 35 heavy (non-hydrogen) atoms. The molecule has 0 saturated carbocycles. The highest BCUT2D eigenvalue weighted by atomic mass is 19.1. The lowest BCUT2D eigenvalue weighted by atomic mass is 9.95. The van der Waals surface area contributed by atoms with Crippen LogP contribution in [0.5, 0.6) is 0 Å². The van der Waals surface area contributed by atoms with Crippen LogP contribution in [0.4, 0.5) is 4.39 Å². The number of hydrogen-bond acceptors (Lipinski definition) is 5. The summed E-state index contributed by atoms with van der Waals surface area (Å²) in [6.45, 7) is 9.70. The third-order valence-electron chi connectivity index (χ3n) is 6.96. The lowest BCUT2D eigenvalue weighted by Crippen LogP contribution is -2.39. The molecule has 6 heteroatoms. The Labute approximate surface area is 209 Å². The predicted molar refractivity (Wildman–Crippen MR) is 136 cm³/mol. The largest absolute Gasteiger partial charge is 0.466 e. The molecule has 0 bridgehead atoms. The molecule has 0 aromatic heterocycles. The summed E-state index contributed by atoms with van der Waals surface area (Å²) in [5.74, 6) is -0.355. The van der Waals surface area contributed by atoms with Crippen molar-refractivity contribution in [2.24, 2.45) is 0 Å². The molecule has 1 heterocycles. The lowest BCUT2D eigenvalue weighted by Gasteiger charge is -2.28. The smallest absolute Gasteiger partial charge is 0.306 e. The Balaban J connectivity index is 1.53. The average molecular weight is 486 g/mol. The molecule has 192 valence electrons. The number of rotatable bonds is 12. The lowest BCUT2D eigenvalue weighted by molar-refractivity contribution is -0.143. The first-order chi connectivity index (χ1) is 16.8. The molecule has 2 aromatic carbocycles. The summed E-state index contributed by atoms with van der Waals surface area (Å²) >= 11 is 0.